The fraction of sp³-hybridized carbons (Fsp3) is 0.900. The van der Waals surface area contributed by atoms with E-state index in [0.717, 1.165) is 18.9 Å². The van der Waals surface area contributed by atoms with Crippen LogP contribution in [0.25, 0.3) is 0 Å². The SMILES string of the molecule is CC(C)(COCCC1CC1)C(=O)NN. The largest absolute Gasteiger partial charge is 0.380 e. The van der Waals surface area contributed by atoms with Gasteiger partial charge < -0.3 is 4.74 Å². The maximum Gasteiger partial charge on any atom is 0.241 e. The average Bonchev–Trinajstić information content (AvgIpc) is 2.94. The van der Waals surface area contributed by atoms with Crippen LogP contribution in [0.1, 0.15) is 33.1 Å². The summed E-state index contributed by atoms with van der Waals surface area (Å²) in [5, 5.41) is 0. The van der Waals surface area contributed by atoms with Crippen molar-refractivity contribution in [3.05, 3.63) is 0 Å². The van der Waals surface area contributed by atoms with Crippen LogP contribution in [0.4, 0.5) is 0 Å². The minimum atomic E-state index is -0.529. The van der Waals surface area contributed by atoms with Gasteiger partial charge in [-0.2, -0.15) is 0 Å². The van der Waals surface area contributed by atoms with Gasteiger partial charge in [-0.1, -0.05) is 12.8 Å². The van der Waals surface area contributed by atoms with E-state index in [0.29, 0.717) is 6.61 Å². The van der Waals surface area contributed by atoms with E-state index in [-0.39, 0.29) is 5.91 Å². The molecule has 0 saturated heterocycles. The molecule has 0 radical (unpaired) electrons. The summed E-state index contributed by atoms with van der Waals surface area (Å²) in [5.41, 5.74) is 1.62. The molecule has 3 N–H and O–H groups in total. The van der Waals surface area contributed by atoms with Crippen molar-refractivity contribution in [3.8, 4) is 0 Å². The molecule has 82 valence electrons. The monoisotopic (exact) mass is 200 g/mol. The highest BCUT2D eigenvalue weighted by molar-refractivity contribution is 5.81. The quantitative estimate of drug-likeness (QED) is 0.289. The second-order valence-electron chi connectivity index (χ2n) is 4.64. The van der Waals surface area contributed by atoms with E-state index < -0.39 is 5.41 Å². The molecule has 0 bridgehead atoms. The molecule has 1 fully saturated rings. The van der Waals surface area contributed by atoms with Crippen LogP contribution in [0.2, 0.25) is 0 Å². The average molecular weight is 200 g/mol. The number of amides is 1. The second-order valence-corrected chi connectivity index (χ2v) is 4.64. The molecule has 14 heavy (non-hydrogen) atoms. The van der Waals surface area contributed by atoms with E-state index in [1.54, 1.807) is 0 Å². The zero-order chi connectivity index (χ0) is 10.6. The van der Waals surface area contributed by atoms with Gasteiger partial charge in [-0.3, -0.25) is 10.2 Å². The fourth-order valence-corrected chi connectivity index (χ4v) is 1.24. The number of hydrazine groups is 1. The Morgan fingerprint density at radius 2 is 2.21 bits per heavy atom. The maximum atomic E-state index is 11.3. The first-order valence-corrected chi connectivity index (χ1v) is 5.15. The molecule has 1 amide bonds. The summed E-state index contributed by atoms with van der Waals surface area (Å²) in [6.45, 7) is 4.84. The molecule has 1 saturated carbocycles. The van der Waals surface area contributed by atoms with Crippen LogP contribution in [0.3, 0.4) is 0 Å². The van der Waals surface area contributed by atoms with E-state index >= 15 is 0 Å². The summed E-state index contributed by atoms with van der Waals surface area (Å²) in [6, 6.07) is 0. The summed E-state index contributed by atoms with van der Waals surface area (Å²) in [6.07, 6.45) is 3.81. The summed E-state index contributed by atoms with van der Waals surface area (Å²) >= 11 is 0. The van der Waals surface area contributed by atoms with Crippen LogP contribution in [0, 0.1) is 11.3 Å². The van der Waals surface area contributed by atoms with Gasteiger partial charge in [-0.25, -0.2) is 5.84 Å². The molecule has 1 aliphatic rings. The fourth-order valence-electron chi connectivity index (χ4n) is 1.24. The summed E-state index contributed by atoms with van der Waals surface area (Å²) < 4.78 is 5.46. The van der Waals surface area contributed by atoms with E-state index in [1.165, 1.54) is 12.8 Å². The predicted molar refractivity (Wildman–Crippen MR) is 54.3 cm³/mol. The van der Waals surface area contributed by atoms with Crippen molar-refractivity contribution < 1.29 is 9.53 Å². The second kappa shape index (κ2) is 4.75. The summed E-state index contributed by atoms with van der Waals surface area (Å²) in [4.78, 5) is 11.3. The van der Waals surface area contributed by atoms with Gasteiger partial charge in [0.05, 0.1) is 12.0 Å². The van der Waals surface area contributed by atoms with Crippen molar-refractivity contribution in [2.75, 3.05) is 13.2 Å². The number of hydrogen-bond donors (Lipinski definition) is 2. The molecular weight excluding hydrogens is 180 g/mol. The molecule has 0 aliphatic heterocycles. The number of nitrogens with one attached hydrogen (secondary N) is 1. The lowest BCUT2D eigenvalue weighted by Crippen LogP contribution is -2.43. The molecule has 1 aliphatic carbocycles. The van der Waals surface area contributed by atoms with Crippen LogP contribution in [0.15, 0.2) is 0 Å². The van der Waals surface area contributed by atoms with Crippen LogP contribution >= 0.6 is 0 Å². The Kier molecular flexibility index (Phi) is 3.89. The molecular formula is C10H20N2O2. The third kappa shape index (κ3) is 3.64. The molecule has 0 atom stereocenters. The smallest absolute Gasteiger partial charge is 0.241 e. The van der Waals surface area contributed by atoms with Gasteiger partial charge in [0.15, 0.2) is 0 Å². The normalized spacial score (nSPS) is 16.8. The van der Waals surface area contributed by atoms with Crippen molar-refractivity contribution in [1.82, 2.24) is 5.43 Å². The van der Waals surface area contributed by atoms with Crippen LogP contribution in [0.5, 0.6) is 0 Å². The van der Waals surface area contributed by atoms with Gasteiger partial charge in [0.25, 0.3) is 0 Å². The molecule has 0 aromatic rings. The number of carbonyl (C=O) groups is 1. The minimum Gasteiger partial charge on any atom is -0.380 e. The molecule has 0 unspecified atom stereocenters. The van der Waals surface area contributed by atoms with Crippen LogP contribution in [-0.4, -0.2) is 19.1 Å². The highest BCUT2D eigenvalue weighted by atomic mass is 16.5. The van der Waals surface area contributed by atoms with Gasteiger partial charge in [0.2, 0.25) is 5.91 Å². The van der Waals surface area contributed by atoms with Crippen LogP contribution < -0.4 is 11.3 Å². The third-order valence-corrected chi connectivity index (χ3v) is 2.58. The van der Waals surface area contributed by atoms with E-state index in [1.807, 2.05) is 13.8 Å². The van der Waals surface area contributed by atoms with Gasteiger partial charge in [-0.05, 0) is 26.2 Å². The van der Waals surface area contributed by atoms with Crippen molar-refractivity contribution in [2.24, 2.45) is 17.2 Å². The Balaban J connectivity index is 2.10. The molecule has 0 heterocycles. The molecule has 4 heteroatoms. The first-order chi connectivity index (χ1) is 6.56. The number of nitrogens with two attached hydrogens (primary N) is 1. The first kappa shape index (κ1) is 11.5. The van der Waals surface area contributed by atoms with Gasteiger partial charge in [-0.15, -0.1) is 0 Å². The third-order valence-electron chi connectivity index (χ3n) is 2.58. The van der Waals surface area contributed by atoms with Crippen molar-refractivity contribution >= 4 is 5.91 Å². The van der Waals surface area contributed by atoms with Crippen LogP contribution in [-0.2, 0) is 9.53 Å². The highest BCUT2D eigenvalue weighted by Gasteiger charge is 2.27. The molecule has 1 rings (SSSR count). The van der Waals surface area contributed by atoms with E-state index in [4.69, 9.17) is 10.6 Å². The minimum absolute atomic E-state index is 0.177. The summed E-state index contributed by atoms with van der Waals surface area (Å²) in [5.74, 6) is 5.76. The van der Waals surface area contributed by atoms with Crippen molar-refractivity contribution in [2.45, 2.75) is 33.1 Å². The Morgan fingerprint density at radius 1 is 1.57 bits per heavy atom. The van der Waals surface area contributed by atoms with Gasteiger partial charge in [0.1, 0.15) is 0 Å². The van der Waals surface area contributed by atoms with E-state index in [9.17, 15) is 4.79 Å². The number of carbonyl (C=O) groups excluding carboxylic acids is 1. The number of rotatable bonds is 6. The molecule has 0 aromatic heterocycles. The lowest BCUT2D eigenvalue weighted by Gasteiger charge is -2.21. The topological polar surface area (TPSA) is 64.3 Å². The Hall–Kier alpha value is -0.610. The van der Waals surface area contributed by atoms with Crippen molar-refractivity contribution in [3.63, 3.8) is 0 Å². The Bertz CT molecular complexity index is 200. The standard InChI is InChI=1S/C10H20N2O2/c1-10(2,9(13)12-11)7-14-6-5-8-3-4-8/h8H,3-7,11H2,1-2H3,(H,12,13). The highest BCUT2D eigenvalue weighted by Crippen LogP contribution is 2.32. The molecule has 0 spiro atoms. The lowest BCUT2D eigenvalue weighted by atomic mass is 9.94. The van der Waals surface area contributed by atoms with Gasteiger partial charge >= 0.3 is 0 Å². The van der Waals surface area contributed by atoms with Crippen molar-refractivity contribution in [1.29, 1.82) is 0 Å². The molecule has 0 aromatic carbocycles. The zero-order valence-corrected chi connectivity index (χ0v) is 9.01. The summed E-state index contributed by atoms with van der Waals surface area (Å²) in [7, 11) is 0. The van der Waals surface area contributed by atoms with Gasteiger partial charge in [0, 0.05) is 6.61 Å². The zero-order valence-electron chi connectivity index (χ0n) is 9.01. The predicted octanol–water partition coefficient (Wildman–Crippen LogP) is 0.819. The maximum absolute atomic E-state index is 11.3. The number of ether oxygens (including phenoxy) is 1. The number of hydrogen-bond acceptors (Lipinski definition) is 3. The Labute approximate surface area is 85.2 Å². The molecule has 4 nitrogen and oxygen atoms in total. The Morgan fingerprint density at radius 3 is 2.71 bits per heavy atom. The van der Waals surface area contributed by atoms with E-state index in [2.05, 4.69) is 5.43 Å². The first-order valence-electron chi connectivity index (χ1n) is 5.15. The lowest BCUT2D eigenvalue weighted by molar-refractivity contribution is -0.132.